The highest BCUT2D eigenvalue weighted by atomic mass is 16.4. The van der Waals surface area contributed by atoms with Gasteiger partial charge in [-0.3, -0.25) is 0 Å². The first-order chi connectivity index (χ1) is 8.95. The number of aliphatic carboxylic acids is 1. The van der Waals surface area contributed by atoms with Crippen molar-refractivity contribution in [2.45, 2.75) is 25.4 Å². The zero-order valence-corrected chi connectivity index (χ0v) is 10.8. The van der Waals surface area contributed by atoms with Crippen molar-refractivity contribution in [3.8, 4) is 0 Å². The van der Waals surface area contributed by atoms with Gasteiger partial charge in [0.2, 0.25) is 0 Å². The average Bonchev–Trinajstić information content (AvgIpc) is 2.88. The highest BCUT2D eigenvalue weighted by molar-refractivity contribution is 5.82. The topological polar surface area (TPSA) is 119 Å². The molecular formula is C11H18N4O4. The quantitative estimate of drug-likeness (QED) is 0.552. The molecule has 19 heavy (non-hydrogen) atoms. The van der Waals surface area contributed by atoms with Crippen LogP contribution in [0.15, 0.2) is 12.5 Å². The normalized spacial score (nSPS) is 13.6. The van der Waals surface area contributed by atoms with E-state index in [2.05, 4.69) is 15.3 Å². The largest absolute Gasteiger partial charge is 0.480 e. The molecule has 8 heteroatoms. The third-order valence-electron chi connectivity index (χ3n) is 2.82. The molecule has 8 nitrogen and oxygen atoms in total. The van der Waals surface area contributed by atoms with Crippen LogP contribution in [0.25, 0.3) is 0 Å². The lowest BCUT2D eigenvalue weighted by molar-refractivity contribution is -0.139. The first kappa shape index (κ1) is 15.0. The predicted octanol–water partition coefficient (Wildman–Crippen LogP) is -0.572. The number of nitrogens with zero attached hydrogens (tertiary/aromatic N) is 2. The molecule has 0 bridgehead atoms. The number of aromatic amines is 1. The van der Waals surface area contributed by atoms with Crippen molar-refractivity contribution in [1.82, 2.24) is 20.2 Å². The third kappa shape index (κ3) is 4.25. The number of hydrogen-bond donors (Lipinski definition) is 4. The van der Waals surface area contributed by atoms with Crippen LogP contribution in [-0.2, 0) is 11.2 Å². The number of carboxylic acid groups (broad SMARTS) is 1. The summed E-state index contributed by atoms with van der Waals surface area (Å²) in [5, 5.41) is 20.4. The Bertz CT molecular complexity index is 420. The molecular weight excluding hydrogens is 252 g/mol. The fourth-order valence-electron chi connectivity index (χ4n) is 1.39. The Morgan fingerprint density at radius 3 is 2.74 bits per heavy atom. The highest BCUT2D eigenvalue weighted by Crippen LogP contribution is 2.01. The van der Waals surface area contributed by atoms with E-state index < -0.39 is 18.0 Å². The lowest BCUT2D eigenvalue weighted by Gasteiger charge is -2.25. The number of likely N-dealkylation sites (N-methyl/N-ethyl adjacent to an activating group) is 1. The number of aliphatic hydroxyl groups excluding tert-OH is 1. The van der Waals surface area contributed by atoms with Crippen molar-refractivity contribution < 1.29 is 19.8 Å². The van der Waals surface area contributed by atoms with Crippen LogP contribution in [0, 0.1) is 0 Å². The molecule has 106 valence electrons. The number of amides is 2. The van der Waals surface area contributed by atoms with Gasteiger partial charge in [-0.1, -0.05) is 0 Å². The average molecular weight is 270 g/mol. The van der Waals surface area contributed by atoms with Crippen LogP contribution < -0.4 is 5.32 Å². The molecule has 1 aromatic rings. The Morgan fingerprint density at radius 2 is 2.26 bits per heavy atom. The van der Waals surface area contributed by atoms with Gasteiger partial charge in [0.05, 0.1) is 19.0 Å². The van der Waals surface area contributed by atoms with E-state index in [1.54, 1.807) is 6.92 Å². The molecule has 1 unspecified atom stereocenters. The summed E-state index contributed by atoms with van der Waals surface area (Å²) in [6.45, 7) is 1.46. The number of carbonyl (C=O) groups is 2. The highest BCUT2D eigenvalue weighted by Gasteiger charge is 2.24. The number of H-pyrrole nitrogens is 1. The molecule has 0 saturated carbocycles. The Kier molecular flexibility index (Phi) is 5.31. The van der Waals surface area contributed by atoms with Gasteiger partial charge in [-0.2, -0.15) is 0 Å². The summed E-state index contributed by atoms with van der Waals surface area (Å²) < 4.78 is 0. The lowest BCUT2D eigenvalue weighted by Crippen LogP contribution is -2.50. The van der Waals surface area contributed by atoms with Gasteiger partial charge in [0.1, 0.15) is 6.04 Å². The number of urea groups is 1. The summed E-state index contributed by atoms with van der Waals surface area (Å²) in [6, 6.07) is -1.99. The number of carboxylic acids is 1. The molecule has 1 aromatic heterocycles. The number of hydrogen-bond acceptors (Lipinski definition) is 4. The SMILES string of the molecule is CC(CO)N(C)C(=O)N[C@@H](Cc1cnc[nH]1)C(=O)O. The number of aromatic nitrogens is 2. The van der Waals surface area contributed by atoms with Crippen molar-refractivity contribution in [3.63, 3.8) is 0 Å². The van der Waals surface area contributed by atoms with E-state index in [9.17, 15) is 9.59 Å². The molecule has 1 heterocycles. The first-order valence-corrected chi connectivity index (χ1v) is 5.80. The van der Waals surface area contributed by atoms with Gasteiger partial charge in [0, 0.05) is 25.4 Å². The number of rotatable bonds is 6. The second-order valence-electron chi connectivity index (χ2n) is 4.26. The number of nitrogens with one attached hydrogen (secondary N) is 2. The maximum Gasteiger partial charge on any atom is 0.326 e. The van der Waals surface area contributed by atoms with Crippen LogP contribution in [-0.4, -0.2) is 62.8 Å². The van der Waals surface area contributed by atoms with Gasteiger partial charge in [-0.15, -0.1) is 0 Å². The molecule has 4 N–H and O–H groups in total. The number of carbonyl (C=O) groups excluding carboxylic acids is 1. The van der Waals surface area contributed by atoms with Crippen LogP contribution >= 0.6 is 0 Å². The molecule has 0 radical (unpaired) electrons. The Labute approximate surface area is 110 Å². The third-order valence-corrected chi connectivity index (χ3v) is 2.82. The van der Waals surface area contributed by atoms with E-state index in [1.807, 2.05) is 0 Å². The summed E-state index contributed by atoms with van der Waals surface area (Å²) in [6.07, 6.45) is 3.06. The first-order valence-electron chi connectivity index (χ1n) is 5.80. The van der Waals surface area contributed by atoms with Crippen molar-refractivity contribution in [1.29, 1.82) is 0 Å². The second-order valence-corrected chi connectivity index (χ2v) is 4.26. The number of imidazole rings is 1. The van der Waals surface area contributed by atoms with Crippen LogP contribution in [0.1, 0.15) is 12.6 Å². The monoisotopic (exact) mass is 270 g/mol. The smallest absolute Gasteiger partial charge is 0.326 e. The van der Waals surface area contributed by atoms with E-state index in [0.29, 0.717) is 5.69 Å². The minimum absolute atomic E-state index is 0.114. The molecule has 0 spiro atoms. The minimum Gasteiger partial charge on any atom is -0.480 e. The fourth-order valence-corrected chi connectivity index (χ4v) is 1.39. The zero-order valence-electron chi connectivity index (χ0n) is 10.8. The molecule has 2 amide bonds. The predicted molar refractivity (Wildman–Crippen MR) is 66.6 cm³/mol. The summed E-state index contributed by atoms with van der Waals surface area (Å²) in [7, 11) is 1.49. The minimum atomic E-state index is -1.13. The van der Waals surface area contributed by atoms with Gasteiger partial charge < -0.3 is 25.4 Å². The molecule has 0 aromatic carbocycles. The van der Waals surface area contributed by atoms with Crippen LogP contribution in [0.5, 0.6) is 0 Å². The maximum absolute atomic E-state index is 11.8. The molecule has 0 aliphatic heterocycles. The fraction of sp³-hybridized carbons (Fsp3) is 0.545. The van der Waals surface area contributed by atoms with Crippen molar-refractivity contribution in [2.75, 3.05) is 13.7 Å². The van der Waals surface area contributed by atoms with Gasteiger partial charge in [-0.05, 0) is 6.92 Å². The number of aliphatic hydroxyl groups is 1. The van der Waals surface area contributed by atoms with Gasteiger partial charge in [0.25, 0.3) is 0 Å². The van der Waals surface area contributed by atoms with Crippen LogP contribution in [0.2, 0.25) is 0 Å². The van der Waals surface area contributed by atoms with E-state index in [0.717, 1.165) is 0 Å². The Balaban J connectivity index is 2.63. The summed E-state index contributed by atoms with van der Waals surface area (Å²) in [4.78, 5) is 30.7. The maximum atomic E-state index is 11.8. The Hall–Kier alpha value is -2.09. The second kappa shape index (κ2) is 6.74. The summed E-state index contributed by atoms with van der Waals surface area (Å²) >= 11 is 0. The Morgan fingerprint density at radius 1 is 1.58 bits per heavy atom. The molecule has 2 atom stereocenters. The van der Waals surface area contributed by atoms with Crippen LogP contribution in [0.3, 0.4) is 0 Å². The van der Waals surface area contributed by atoms with Crippen molar-refractivity contribution in [3.05, 3.63) is 18.2 Å². The summed E-state index contributed by atoms with van der Waals surface area (Å²) in [5.74, 6) is -1.13. The van der Waals surface area contributed by atoms with Gasteiger partial charge >= 0.3 is 12.0 Å². The van der Waals surface area contributed by atoms with E-state index >= 15 is 0 Å². The van der Waals surface area contributed by atoms with E-state index in [4.69, 9.17) is 10.2 Å². The zero-order chi connectivity index (χ0) is 14.4. The molecule has 0 aliphatic rings. The molecule has 0 aliphatic carbocycles. The van der Waals surface area contributed by atoms with Gasteiger partial charge in [-0.25, -0.2) is 14.6 Å². The van der Waals surface area contributed by atoms with E-state index in [1.165, 1.54) is 24.5 Å². The van der Waals surface area contributed by atoms with E-state index in [-0.39, 0.29) is 19.1 Å². The van der Waals surface area contributed by atoms with Crippen LogP contribution in [0.4, 0.5) is 4.79 Å². The molecule has 1 rings (SSSR count). The molecule has 0 saturated heterocycles. The lowest BCUT2D eigenvalue weighted by atomic mass is 10.1. The standard InChI is InChI=1S/C11H18N4O4/c1-7(5-16)15(2)11(19)14-9(10(17)18)3-8-4-12-6-13-8/h4,6-7,9,16H,3,5H2,1-2H3,(H,12,13)(H,14,19)(H,17,18)/t7?,9-/m0/s1. The van der Waals surface area contributed by atoms with Crippen molar-refractivity contribution in [2.24, 2.45) is 0 Å². The summed E-state index contributed by atoms with van der Waals surface area (Å²) in [5.41, 5.74) is 0.616. The van der Waals surface area contributed by atoms with Crippen molar-refractivity contribution >= 4 is 12.0 Å². The molecule has 0 fully saturated rings. The van der Waals surface area contributed by atoms with Gasteiger partial charge in [0.15, 0.2) is 0 Å².